The zero-order valence-corrected chi connectivity index (χ0v) is 8.18. The van der Waals surface area contributed by atoms with Gasteiger partial charge in [0.05, 0.1) is 7.98 Å². The van der Waals surface area contributed by atoms with Crippen LogP contribution in [0.5, 0.6) is 0 Å². The van der Waals surface area contributed by atoms with Gasteiger partial charge in [0.15, 0.2) is 5.78 Å². The Hall–Kier alpha value is -1.06. The molecule has 16 heavy (non-hydrogen) atoms. The van der Waals surface area contributed by atoms with Crippen LogP contribution >= 0.6 is 0 Å². The Morgan fingerprint density at radius 1 is 1.31 bits per heavy atom. The first-order valence-electron chi connectivity index (χ1n) is 4.83. The van der Waals surface area contributed by atoms with Crippen LogP contribution in [0.4, 0.5) is 0 Å². The summed E-state index contributed by atoms with van der Waals surface area (Å²) >= 11 is 0. The van der Waals surface area contributed by atoms with Gasteiger partial charge in [0, 0.05) is 0 Å². The van der Waals surface area contributed by atoms with Crippen molar-refractivity contribution in [1.82, 2.24) is 0 Å². The Balaban J connectivity index is 4.18. The molecule has 0 radical (unpaired) electrons. The van der Waals surface area contributed by atoms with E-state index in [1.54, 1.807) is 0 Å². The summed E-state index contributed by atoms with van der Waals surface area (Å²) < 4.78 is 11.0. The predicted octanol–water partition coefficient (Wildman–Crippen LogP) is -3.27. The Morgan fingerprint density at radius 3 is 2.31 bits per heavy atom. The van der Waals surface area contributed by atoms with Crippen LogP contribution in [-0.2, 0) is 14.3 Å². The molecule has 0 heterocycles. The maximum atomic E-state index is 11.1. The van der Waals surface area contributed by atoms with Crippen LogP contribution in [0.2, 0.25) is 0 Å². The molecule has 0 fully saturated rings. The Labute approximate surface area is 92.1 Å². The summed E-state index contributed by atoms with van der Waals surface area (Å²) in [4.78, 5) is 21.3. The first-order chi connectivity index (χ1) is 7.81. The molecule has 94 valence electrons. The monoisotopic (exact) mass is 239 g/mol. The lowest BCUT2D eigenvalue weighted by molar-refractivity contribution is -0.149. The highest BCUT2D eigenvalue weighted by molar-refractivity contribution is 5.84. The van der Waals surface area contributed by atoms with Gasteiger partial charge in [0.2, 0.25) is 0 Å². The van der Waals surface area contributed by atoms with Gasteiger partial charge in [-0.25, -0.2) is 4.79 Å². The lowest BCUT2D eigenvalue weighted by atomic mass is 10.1. The van der Waals surface area contributed by atoms with Gasteiger partial charge in [-0.2, -0.15) is 0 Å². The fourth-order valence-electron chi connectivity index (χ4n) is 0.789. The summed E-state index contributed by atoms with van der Waals surface area (Å²) in [6.45, 7) is -3.74. The molecule has 0 spiro atoms. The van der Waals surface area contributed by atoms with E-state index >= 15 is 0 Å². The summed E-state index contributed by atoms with van der Waals surface area (Å²) in [6.07, 6.45) is -5.65. The van der Waals surface area contributed by atoms with Gasteiger partial charge < -0.3 is 30.3 Å². The SMILES string of the molecule is [2H]C(OCC(=O)[C@@H](O)[C@H](O)[C@H](O)CO)C(=O)O. The van der Waals surface area contributed by atoms with Crippen LogP contribution in [0.25, 0.3) is 0 Å². The fraction of sp³-hybridized carbons (Fsp3) is 0.750. The standard InChI is InChI=1S/C8H14O8/c9-1-4(10)7(14)8(15)5(11)2-16-3-6(12)13/h4,7-10,14-15H,1-3H2,(H,12,13)/t4-,7-,8-/m1/s1/i3D/t3?,4-,7-,8-. The zero-order chi connectivity index (χ0) is 13.6. The average Bonchev–Trinajstić information content (AvgIpc) is 2.32. The molecule has 0 rings (SSSR count). The van der Waals surface area contributed by atoms with Gasteiger partial charge >= 0.3 is 5.97 Å². The highest BCUT2D eigenvalue weighted by atomic mass is 16.5. The summed E-state index contributed by atoms with van der Waals surface area (Å²) in [6, 6.07) is 0. The number of aliphatic hydroxyl groups is 4. The van der Waals surface area contributed by atoms with Crippen LogP contribution in [-0.4, -0.2) is 75.4 Å². The van der Waals surface area contributed by atoms with Crippen molar-refractivity contribution in [2.75, 3.05) is 19.8 Å². The Morgan fingerprint density at radius 2 is 1.88 bits per heavy atom. The van der Waals surface area contributed by atoms with Gasteiger partial charge in [0.1, 0.15) is 31.5 Å². The molecule has 5 N–H and O–H groups in total. The van der Waals surface area contributed by atoms with Crippen molar-refractivity contribution in [1.29, 1.82) is 0 Å². The molecular weight excluding hydrogens is 224 g/mol. The van der Waals surface area contributed by atoms with Crippen molar-refractivity contribution in [3.63, 3.8) is 0 Å². The molecule has 0 saturated heterocycles. The van der Waals surface area contributed by atoms with Gasteiger partial charge in [-0.05, 0) is 0 Å². The Kier molecular flexibility index (Phi) is 5.90. The highest BCUT2D eigenvalue weighted by Gasteiger charge is 2.29. The van der Waals surface area contributed by atoms with E-state index in [1.807, 2.05) is 0 Å². The number of hydrogen-bond donors (Lipinski definition) is 5. The van der Waals surface area contributed by atoms with Crippen molar-refractivity contribution in [3.8, 4) is 0 Å². The highest BCUT2D eigenvalue weighted by Crippen LogP contribution is 2.01. The normalized spacial score (nSPS) is 19.4. The van der Waals surface area contributed by atoms with E-state index in [4.69, 9.17) is 21.8 Å². The number of aliphatic hydroxyl groups excluding tert-OH is 4. The minimum Gasteiger partial charge on any atom is -0.480 e. The van der Waals surface area contributed by atoms with Crippen molar-refractivity contribution in [2.24, 2.45) is 0 Å². The van der Waals surface area contributed by atoms with Crippen molar-refractivity contribution < 1.29 is 41.2 Å². The second-order valence-corrected chi connectivity index (χ2v) is 2.92. The topological polar surface area (TPSA) is 145 Å². The van der Waals surface area contributed by atoms with Gasteiger partial charge in [-0.3, -0.25) is 4.79 Å². The van der Waals surface area contributed by atoms with Gasteiger partial charge in [0.25, 0.3) is 0 Å². The number of aliphatic carboxylic acids is 1. The van der Waals surface area contributed by atoms with E-state index in [9.17, 15) is 14.7 Å². The lowest BCUT2D eigenvalue weighted by Crippen LogP contribution is -2.45. The van der Waals surface area contributed by atoms with E-state index in [2.05, 4.69) is 4.74 Å². The molecular formula is C8H14O8. The number of rotatable bonds is 8. The molecule has 0 saturated carbocycles. The molecule has 0 aliphatic heterocycles. The molecule has 4 atom stereocenters. The zero-order valence-electron chi connectivity index (χ0n) is 9.18. The molecule has 1 unspecified atom stereocenters. The quantitative estimate of drug-likeness (QED) is 0.296. The average molecular weight is 239 g/mol. The third kappa shape index (κ3) is 5.14. The van der Waals surface area contributed by atoms with Crippen LogP contribution in [0, 0.1) is 0 Å². The summed E-state index contributed by atoms with van der Waals surface area (Å²) in [7, 11) is 0. The van der Waals surface area contributed by atoms with Crippen molar-refractivity contribution in [2.45, 2.75) is 18.3 Å². The number of ether oxygens (including phenoxy) is 1. The van der Waals surface area contributed by atoms with Crippen LogP contribution in [0.3, 0.4) is 0 Å². The molecule has 8 heteroatoms. The third-order valence-electron chi connectivity index (χ3n) is 1.64. The maximum Gasteiger partial charge on any atom is 0.329 e. The molecule has 0 aliphatic carbocycles. The summed E-state index contributed by atoms with van der Waals surface area (Å²) in [5.41, 5.74) is 0. The number of ketones is 1. The summed E-state index contributed by atoms with van der Waals surface area (Å²) in [5, 5.41) is 44.0. The first kappa shape index (κ1) is 13.0. The van der Waals surface area contributed by atoms with E-state index in [-0.39, 0.29) is 0 Å². The smallest absolute Gasteiger partial charge is 0.329 e. The minimum atomic E-state index is -2.03. The fourth-order valence-corrected chi connectivity index (χ4v) is 0.789. The number of carbonyl (C=O) groups is 2. The predicted molar refractivity (Wildman–Crippen MR) is 48.6 cm³/mol. The second kappa shape index (κ2) is 7.25. The first-order valence-corrected chi connectivity index (χ1v) is 4.25. The number of carboxylic acid groups (broad SMARTS) is 1. The van der Waals surface area contributed by atoms with E-state index in [1.165, 1.54) is 0 Å². The van der Waals surface area contributed by atoms with Gasteiger partial charge in [-0.15, -0.1) is 0 Å². The molecule has 0 amide bonds. The lowest BCUT2D eigenvalue weighted by Gasteiger charge is -2.20. The molecule has 0 aliphatic rings. The molecule has 0 bridgehead atoms. The number of carbonyl (C=O) groups excluding carboxylic acids is 1. The third-order valence-corrected chi connectivity index (χ3v) is 1.64. The van der Waals surface area contributed by atoms with E-state index in [0.717, 1.165) is 0 Å². The molecule has 0 aromatic carbocycles. The molecule has 0 aromatic heterocycles. The number of hydrogen-bond acceptors (Lipinski definition) is 7. The molecule has 8 nitrogen and oxygen atoms in total. The van der Waals surface area contributed by atoms with E-state index < -0.39 is 49.9 Å². The van der Waals surface area contributed by atoms with Crippen LogP contribution < -0.4 is 0 Å². The Bertz CT molecular complexity index is 270. The van der Waals surface area contributed by atoms with Crippen LogP contribution in [0.15, 0.2) is 0 Å². The van der Waals surface area contributed by atoms with Gasteiger partial charge in [-0.1, -0.05) is 0 Å². The largest absolute Gasteiger partial charge is 0.480 e. The van der Waals surface area contributed by atoms with Crippen molar-refractivity contribution in [3.05, 3.63) is 0 Å². The molecule has 0 aromatic rings. The van der Waals surface area contributed by atoms with E-state index in [0.29, 0.717) is 0 Å². The van der Waals surface area contributed by atoms with Crippen LogP contribution in [0.1, 0.15) is 1.37 Å². The summed E-state index contributed by atoms with van der Waals surface area (Å²) in [5.74, 6) is -2.72. The number of Topliss-reactive ketones (excluding diaryl/α,β-unsaturated/α-hetero) is 1. The minimum absolute atomic E-state index is 0.859. The number of carboxylic acids is 1. The second-order valence-electron chi connectivity index (χ2n) is 2.92. The maximum absolute atomic E-state index is 11.1. The van der Waals surface area contributed by atoms with Crippen molar-refractivity contribution >= 4 is 11.8 Å².